The van der Waals surface area contributed by atoms with Gasteiger partial charge in [-0.2, -0.15) is 13.5 Å². The van der Waals surface area contributed by atoms with Crippen molar-refractivity contribution in [3.63, 3.8) is 0 Å². The predicted molar refractivity (Wildman–Crippen MR) is 16.4 cm³/mol. The topological polar surface area (TPSA) is 75.2 Å². The second-order valence-corrected chi connectivity index (χ2v) is 0. The minimum absolute atomic E-state index is 0. The number of nitrogens with zero attached hydrogens (tertiary/aromatic N) is 1. The fourth-order valence-corrected chi connectivity index (χ4v) is 0. The fraction of sp³-hybridized carbons (Fsp3) is 0. The molecule has 26 valence electrons. The smallest absolute Gasteiger partial charge is 0.197 e. The van der Waals surface area contributed by atoms with Gasteiger partial charge in [-0.25, -0.2) is 0 Å². The van der Waals surface area contributed by atoms with Crippen molar-refractivity contribution in [2.24, 2.45) is 0 Å². The molecule has 0 heterocycles. The molecule has 0 bridgehead atoms. The summed E-state index contributed by atoms with van der Waals surface area (Å²) in [5.74, 6) is 0. The van der Waals surface area contributed by atoms with Crippen LogP contribution in [0.15, 0.2) is 0 Å². The van der Waals surface area contributed by atoms with Crippen LogP contribution in [0.1, 0.15) is 0 Å². The molecule has 4 heavy (non-hydrogen) atoms. The van der Waals surface area contributed by atoms with Crippen LogP contribution in [-0.4, -0.2) is 5.48 Å². The molecule has 0 aliphatic rings. The van der Waals surface area contributed by atoms with Crippen molar-refractivity contribution in [3.05, 3.63) is 0 Å². The molecule has 0 spiro atoms. The normalized spacial score (nSPS) is 0.500. The zero-order valence-corrected chi connectivity index (χ0v) is 2.86. The summed E-state index contributed by atoms with van der Waals surface area (Å²) in [6, 6.07) is 0. The molecule has 0 aromatic rings. The van der Waals surface area contributed by atoms with Crippen LogP contribution in [0.25, 0.3) is 0 Å². The van der Waals surface area contributed by atoms with Gasteiger partial charge in [-0.15, -0.1) is 0 Å². The Hall–Kier alpha value is -0.0200. The largest absolute Gasteiger partial charge is 0.412 e. The molecule has 0 radical (unpaired) electrons. The van der Waals surface area contributed by atoms with Gasteiger partial charge in [0.1, 0.15) is 0 Å². The van der Waals surface area contributed by atoms with E-state index in [1.165, 1.54) is 0 Å². The molecular weight excluding hydrogens is 78.1 g/mol. The summed E-state index contributed by atoms with van der Waals surface area (Å²) >= 11 is 0. The van der Waals surface area contributed by atoms with Gasteiger partial charge in [-0.05, 0) is 0 Å². The molecule has 0 unspecified atom stereocenters. The van der Waals surface area contributed by atoms with Crippen LogP contribution in [0, 0.1) is 5.46 Å². The molecule has 0 aromatic heterocycles. The molecule has 0 saturated carbocycles. The molecule has 0 aromatic carbocycles. The van der Waals surface area contributed by atoms with E-state index in [4.69, 9.17) is 10.2 Å². The maximum Gasteiger partial charge on any atom is -0.197 e. The SMILES string of the molecule is N#[O+].O.S. The van der Waals surface area contributed by atoms with E-state index in [2.05, 4.69) is 0 Å². The van der Waals surface area contributed by atoms with Gasteiger partial charge in [0.15, 0.2) is 0 Å². The van der Waals surface area contributed by atoms with E-state index in [0.29, 0.717) is 0 Å². The van der Waals surface area contributed by atoms with Crippen LogP contribution in [0.2, 0.25) is 0 Å². The van der Waals surface area contributed by atoms with Crippen LogP contribution in [0.3, 0.4) is 0 Å². The molecule has 0 amide bonds. The molecule has 0 aliphatic carbocycles. The van der Waals surface area contributed by atoms with Crippen molar-refractivity contribution < 1.29 is 10.2 Å². The van der Waals surface area contributed by atoms with Gasteiger partial charge in [-0.1, -0.05) is 0 Å². The molecule has 4 heteroatoms. The Labute approximate surface area is 30.3 Å². The second-order valence-electron chi connectivity index (χ2n) is 0. The van der Waals surface area contributed by atoms with Crippen LogP contribution < -0.4 is 0 Å². The van der Waals surface area contributed by atoms with Crippen molar-refractivity contribution in [2.45, 2.75) is 0 Å². The first-order valence-electron chi connectivity index (χ1n) is 0.183. The summed E-state index contributed by atoms with van der Waals surface area (Å²) in [5, 5.41) is 0. The zero-order chi connectivity index (χ0) is 2.00. The first-order valence-corrected chi connectivity index (χ1v) is 0.183. The Bertz CT molecular complexity index is 10.8. The first kappa shape index (κ1) is 36.8. The Balaban J connectivity index is -0.00000000500. The summed E-state index contributed by atoms with van der Waals surface area (Å²) in [7, 11) is 0. The number of rotatable bonds is 0. The van der Waals surface area contributed by atoms with E-state index < -0.39 is 0 Å². The molecule has 0 atom stereocenters. The summed E-state index contributed by atoms with van der Waals surface area (Å²) in [4.78, 5) is 0. The molecule has 0 fully saturated rings. The van der Waals surface area contributed by atoms with Gasteiger partial charge in [0.2, 0.25) is 0 Å². The Morgan fingerprint density at radius 3 is 1.25 bits per heavy atom. The number of hydrogen-bond acceptors (Lipinski definition) is 1. The van der Waals surface area contributed by atoms with E-state index in [0.717, 1.165) is 0 Å². The third-order valence-electron chi connectivity index (χ3n) is 0. The van der Waals surface area contributed by atoms with Gasteiger partial charge < -0.3 is 5.48 Å². The quantitative estimate of drug-likeness (QED) is 0.352. The van der Waals surface area contributed by atoms with Crippen molar-refractivity contribution in [2.75, 3.05) is 0 Å². The van der Waals surface area contributed by atoms with E-state index >= 15 is 0 Å². The zero-order valence-electron chi connectivity index (χ0n) is 1.86. The van der Waals surface area contributed by atoms with E-state index in [1.54, 1.807) is 0 Å². The Morgan fingerprint density at radius 1 is 1.25 bits per heavy atom. The standard InChI is InChI=1S/NO.H2O.H2S/c1-2;;/h;2*1H2/q+1;;. The molecule has 0 aliphatic heterocycles. The minimum Gasteiger partial charge on any atom is -0.412 e. The molecule has 0 rings (SSSR count). The first-order chi connectivity index (χ1) is 1.00. The van der Waals surface area contributed by atoms with E-state index in [9.17, 15) is 0 Å². The van der Waals surface area contributed by atoms with E-state index in [-0.39, 0.29) is 19.0 Å². The van der Waals surface area contributed by atoms with Gasteiger partial charge in [0, 0.05) is 0 Å². The van der Waals surface area contributed by atoms with Crippen LogP contribution in [-0.2, 0) is 4.77 Å². The summed E-state index contributed by atoms with van der Waals surface area (Å²) in [5.41, 5.74) is 5.75. The van der Waals surface area contributed by atoms with Gasteiger partial charge in [-0.3, -0.25) is 0 Å². The summed E-state index contributed by atoms with van der Waals surface area (Å²) < 4.78 is 7.25. The monoisotopic (exact) mass is 82.0 g/mol. The molecule has 3 nitrogen and oxygen atoms in total. The summed E-state index contributed by atoms with van der Waals surface area (Å²) in [6.45, 7) is 0. The predicted octanol–water partition coefficient (Wildman–Crippen LogP) is -0.816. The van der Waals surface area contributed by atoms with Crippen LogP contribution in [0.4, 0.5) is 0 Å². The average Bonchev–Trinajstić information content (AvgIpc) is 1.00. The third kappa shape index (κ3) is 4750. The number of hydrogen-bond donors (Lipinski definition) is 0. The Kier molecular flexibility index (Phi) is 269000. The van der Waals surface area contributed by atoms with E-state index in [1.807, 2.05) is 0 Å². The molecule has 2 N–H and O–H groups in total. The fourth-order valence-electron chi connectivity index (χ4n) is 0. The van der Waals surface area contributed by atoms with Crippen molar-refractivity contribution in [1.82, 2.24) is 0 Å². The van der Waals surface area contributed by atoms with Gasteiger partial charge in [0.05, 0.1) is 0 Å². The molecule has 0 saturated heterocycles. The van der Waals surface area contributed by atoms with Crippen LogP contribution in [0.5, 0.6) is 0 Å². The second kappa shape index (κ2) is 29200. The Morgan fingerprint density at radius 2 is 1.25 bits per heavy atom. The van der Waals surface area contributed by atoms with Crippen molar-refractivity contribution in [1.29, 1.82) is 5.46 Å². The van der Waals surface area contributed by atoms with Crippen LogP contribution >= 0.6 is 13.5 Å². The maximum absolute atomic E-state index is 7.25. The van der Waals surface area contributed by atoms with Crippen molar-refractivity contribution in [3.8, 4) is 0 Å². The van der Waals surface area contributed by atoms with Gasteiger partial charge in [0.25, 0.3) is 0 Å². The third-order valence-corrected chi connectivity index (χ3v) is 0. The van der Waals surface area contributed by atoms with Gasteiger partial charge >= 0.3 is 10.2 Å². The minimum atomic E-state index is 0. The van der Waals surface area contributed by atoms with Crippen molar-refractivity contribution >= 4 is 13.5 Å². The maximum atomic E-state index is 7.25. The average molecular weight is 82.1 g/mol. The molecular formula is H4NO2S+. The summed E-state index contributed by atoms with van der Waals surface area (Å²) in [6.07, 6.45) is 0.